The summed E-state index contributed by atoms with van der Waals surface area (Å²) in [5.74, 6) is -0.263. The van der Waals surface area contributed by atoms with E-state index in [4.69, 9.17) is 4.74 Å². The second kappa shape index (κ2) is 9.24. The zero-order valence-corrected chi connectivity index (χ0v) is 24.8. The van der Waals surface area contributed by atoms with Crippen LogP contribution in [0, 0.1) is 40.4 Å². The molecule has 0 radical (unpaired) electrons. The van der Waals surface area contributed by atoms with Crippen molar-refractivity contribution in [1.82, 2.24) is 10.0 Å². The fourth-order valence-corrected chi connectivity index (χ4v) is 11.0. The Morgan fingerprint density at radius 3 is 2.48 bits per heavy atom. The van der Waals surface area contributed by atoms with Crippen LogP contribution in [-0.4, -0.2) is 60.2 Å². The van der Waals surface area contributed by atoms with Crippen LogP contribution in [0.15, 0.2) is 40.4 Å². The minimum Gasteiger partial charge on any atom is -0.411 e. The second-order valence-corrected chi connectivity index (χ2v) is 15.7. The van der Waals surface area contributed by atoms with Gasteiger partial charge in [0, 0.05) is 29.2 Å². The van der Waals surface area contributed by atoms with Crippen molar-refractivity contribution in [2.75, 3.05) is 0 Å². The van der Waals surface area contributed by atoms with Crippen LogP contribution in [0.5, 0.6) is 0 Å². The zero-order valence-electron chi connectivity index (χ0n) is 24.0. The standard InChI is InChI=1S/C30H43N3O6S/c1-16-11-12-23-28(3,4)26(32-36)21(33-40(37,38)18-9-7-6-8-10-18)15-30(23)29(16,5)14-20-22(34)13-19-24(25(20)39-30)17(2)31-27(19)35/h6-10,16-17,19-25,33-34,36H,11-15H2,1-5H3,(H,31,35). The monoisotopic (exact) mass is 573 g/mol. The molecule has 2 aliphatic heterocycles. The molecule has 0 aromatic heterocycles. The number of nitrogens with zero attached hydrogens (tertiary/aromatic N) is 1. The van der Waals surface area contributed by atoms with Crippen LogP contribution in [0.3, 0.4) is 0 Å². The van der Waals surface area contributed by atoms with Crippen LogP contribution in [0.2, 0.25) is 0 Å². The van der Waals surface area contributed by atoms with Crippen LogP contribution in [-0.2, 0) is 19.6 Å². The van der Waals surface area contributed by atoms with Gasteiger partial charge in [-0.15, -0.1) is 0 Å². The lowest BCUT2D eigenvalue weighted by Crippen LogP contribution is -2.75. The summed E-state index contributed by atoms with van der Waals surface area (Å²) in [6.07, 6.45) is 2.34. The summed E-state index contributed by atoms with van der Waals surface area (Å²) in [4.78, 5) is 13.0. The van der Waals surface area contributed by atoms with E-state index in [1.54, 1.807) is 30.3 Å². The van der Waals surface area contributed by atoms with Crippen molar-refractivity contribution in [2.24, 2.45) is 45.6 Å². The number of oxime groups is 1. The third-order valence-electron chi connectivity index (χ3n) is 11.9. The Hall–Kier alpha value is -2.01. The third kappa shape index (κ3) is 3.78. The van der Waals surface area contributed by atoms with Gasteiger partial charge >= 0.3 is 0 Å². The molecule has 5 fully saturated rings. The number of ether oxygens (including phenoxy) is 1. The lowest BCUT2D eigenvalue weighted by Gasteiger charge is -2.70. The largest absolute Gasteiger partial charge is 0.411 e. The van der Waals surface area contributed by atoms with Crippen LogP contribution >= 0.6 is 0 Å². The van der Waals surface area contributed by atoms with Crippen LogP contribution in [0.4, 0.5) is 0 Å². The topological polar surface area (TPSA) is 137 Å². The average molecular weight is 574 g/mol. The van der Waals surface area contributed by atoms with Gasteiger partial charge in [0.2, 0.25) is 15.9 Å². The Bertz CT molecular complexity index is 1320. The first-order chi connectivity index (χ1) is 18.8. The minimum absolute atomic E-state index is 0.0230. The molecule has 2 heterocycles. The number of fused-ring (bicyclic) bond motifs is 3. The van der Waals surface area contributed by atoms with E-state index in [2.05, 4.69) is 29.0 Å². The van der Waals surface area contributed by atoms with Crippen molar-refractivity contribution >= 4 is 21.6 Å². The van der Waals surface area contributed by atoms with E-state index < -0.39 is 33.2 Å². The maximum Gasteiger partial charge on any atom is 0.241 e. The molecule has 10 heteroatoms. The minimum atomic E-state index is -3.92. The predicted octanol–water partition coefficient (Wildman–Crippen LogP) is 3.31. The van der Waals surface area contributed by atoms with Gasteiger partial charge < -0.3 is 20.4 Å². The maximum absolute atomic E-state index is 13.6. The van der Waals surface area contributed by atoms with Gasteiger partial charge in [-0.25, -0.2) is 13.1 Å². The molecule has 0 bridgehead atoms. The quantitative estimate of drug-likeness (QED) is 0.324. The highest BCUT2D eigenvalue weighted by molar-refractivity contribution is 7.89. The van der Waals surface area contributed by atoms with E-state index in [1.807, 2.05) is 20.8 Å². The molecule has 11 unspecified atom stereocenters. The van der Waals surface area contributed by atoms with E-state index in [1.165, 1.54) is 0 Å². The first-order valence-electron chi connectivity index (χ1n) is 14.7. The van der Waals surface area contributed by atoms with E-state index in [0.29, 0.717) is 18.6 Å². The fourth-order valence-electron chi connectivity index (χ4n) is 9.74. The van der Waals surface area contributed by atoms with Gasteiger partial charge in [-0.1, -0.05) is 51.0 Å². The molecular weight excluding hydrogens is 530 g/mol. The van der Waals surface area contributed by atoms with Crippen molar-refractivity contribution in [1.29, 1.82) is 0 Å². The van der Waals surface area contributed by atoms with Gasteiger partial charge in [0.25, 0.3) is 0 Å². The number of carbonyl (C=O) groups excluding carboxylic acids is 1. The Morgan fingerprint density at radius 1 is 1.10 bits per heavy atom. The van der Waals surface area contributed by atoms with Gasteiger partial charge in [-0.05, 0) is 68.4 Å². The van der Waals surface area contributed by atoms with Gasteiger partial charge in [-0.2, -0.15) is 0 Å². The molecule has 40 heavy (non-hydrogen) atoms. The highest BCUT2D eigenvalue weighted by Crippen LogP contribution is 2.68. The van der Waals surface area contributed by atoms with Gasteiger partial charge in [0.15, 0.2) is 0 Å². The van der Waals surface area contributed by atoms with E-state index in [-0.39, 0.29) is 58.0 Å². The normalized spacial score (nSPS) is 47.0. The van der Waals surface area contributed by atoms with E-state index in [9.17, 15) is 23.5 Å². The molecule has 3 saturated carbocycles. The van der Waals surface area contributed by atoms with Crippen LogP contribution in [0.25, 0.3) is 0 Å². The van der Waals surface area contributed by atoms with Crippen molar-refractivity contribution in [2.45, 2.75) is 102 Å². The molecular formula is C30H43N3O6S. The maximum atomic E-state index is 13.6. The average Bonchev–Trinajstić information content (AvgIpc) is 3.17. The highest BCUT2D eigenvalue weighted by atomic mass is 32.2. The van der Waals surface area contributed by atoms with Crippen LogP contribution < -0.4 is 10.0 Å². The molecule has 1 amide bonds. The van der Waals surface area contributed by atoms with Gasteiger partial charge in [0.05, 0.1) is 34.5 Å². The highest BCUT2D eigenvalue weighted by Gasteiger charge is 2.72. The molecule has 2 saturated heterocycles. The number of nitrogens with one attached hydrogen (secondary N) is 2. The SMILES string of the molecule is CC1NC(=O)C2CC(O)C3CC4(C)C(C)CCC5C(C)(C)C(=NO)C(NS(=O)(=O)c6ccccc6)CC54OC3C12. The summed E-state index contributed by atoms with van der Waals surface area (Å²) < 4.78 is 37.4. The lowest BCUT2D eigenvalue weighted by atomic mass is 9.41. The Balaban J connectivity index is 1.47. The van der Waals surface area contributed by atoms with Crippen LogP contribution in [0.1, 0.15) is 66.7 Å². The summed E-state index contributed by atoms with van der Waals surface area (Å²) in [7, 11) is -3.92. The molecule has 4 N–H and O–H groups in total. The molecule has 1 spiro atoms. The number of aliphatic hydroxyl groups is 1. The first-order valence-corrected chi connectivity index (χ1v) is 16.2. The van der Waals surface area contributed by atoms with E-state index >= 15 is 0 Å². The zero-order chi connectivity index (χ0) is 28.8. The number of benzene rings is 1. The summed E-state index contributed by atoms with van der Waals surface area (Å²) in [5.41, 5.74) is -1.37. The summed E-state index contributed by atoms with van der Waals surface area (Å²) in [6.45, 7) is 10.6. The van der Waals surface area contributed by atoms with Crippen molar-refractivity contribution in [3.63, 3.8) is 0 Å². The molecule has 3 aliphatic carbocycles. The Kier molecular flexibility index (Phi) is 6.50. The molecule has 9 nitrogen and oxygen atoms in total. The number of amides is 1. The molecule has 1 aromatic carbocycles. The Morgan fingerprint density at radius 2 is 1.80 bits per heavy atom. The molecule has 5 aliphatic rings. The predicted molar refractivity (Wildman–Crippen MR) is 149 cm³/mol. The van der Waals surface area contributed by atoms with Crippen molar-refractivity contribution < 1.29 is 28.3 Å². The molecule has 11 atom stereocenters. The smallest absolute Gasteiger partial charge is 0.241 e. The third-order valence-corrected chi connectivity index (χ3v) is 13.4. The van der Waals surface area contributed by atoms with Gasteiger partial charge in [-0.3, -0.25) is 4.79 Å². The number of aliphatic hydroxyl groups excluding tert-OH is 1. The molecule has 6 rings (SSSR count). The fraction of sp³-hybridized carbons (Fsp3) is 0.733. The summed E-state index contributed by atoms with van der Waals surface area (Å²) in [6, 6.07) is 7.38. The van der Waals surface area contributed by atoms with Gasteiger partial charge in [0.1, 0.15) is 0 Å². The second-order valence-electron chi connectivity index (χ2n) is 14.0. The first kappa shape index (κ1) is 28.1. The summed E-state index contributed by atoms with van der Waals surface area (Å²) >= 11 is 0. The number of hydrogen-bond acceptors (Lipinski definition) is 7. The van der Waals surface area contributed by atoms with E-state index in [0.717, 1.165) is 19.3 Å². The number of sulfonamides is 1. The lowest BCUT2D eigenvalue weighted by molar-refractivity contribution is -0.321. The van der Waals surface area contributed by atoms with Crippen molar-refractivity contribution in [3.05, 3.63) is 30.3 Å². The number of carbonyl (C=O) groups is 1. The number of rotatable bonds is 3. The van der Waals surface area contributed by atoms with Crippen molar-refractivity contribution in [3.8, 4) is 0 Å². The molecule has 1 aromatic rings. The molecule has 220 valence electrons. The number of hydrogen-bond donors (Lipinski definition) is 4. The summed E-state index contributed by atoms with van der Waals surface area (Å²) in [5, 5.41) is 28.5. The Labute approximate surface area is 237 Å².